The summed E-state index contributed by atoms with van der Waals surface area (Å²) in [4.78, 5) is 18.2. The van der Waals surface area contributed by atoms with Gasteiger partial charge in [0, 0.05) is 13.1 Å². The summed E-state index contributed by atoms with van der Waals surface area (Å²) in [5.41, 5.74) is 2.45. The Morgan fingerprint density at radius 3 is 2.79 bits per heavy atom. The molecule has 2 aromatic carbocycles. The molecule has 122 valence electrons. The second kappa shape index (κ2) is 7.26. The van der Waals surface area contributed by atoms with Gasteiger partial charge in [0.25, 0.3) is 0 Å². The van der Waals surface area contributed by atoms with Gasteiger partial charge in [-0.2, -0.15) is 10.3 Å². The molecule has 1 aliphatic rings. The van der Waals surface area contributed by atoms with E-state index in [1.807, 2.05) is 36.4 Å². The van der Waals surface area contributed by atoms with Crippen LogP contribution in [0, 0.1) is 17.2 Å². The quantitative estimate of drug-likeness (QED) is 0.810. The molecule has 2 aromatic rings. The number of hydrogen-bond acceptors (Lipinski definition) is 5. The number of carbonyl (C=O) groups excluding carboxylic acids is 1. The highest BCUT2D eigenvalue weighted by Crippen LogP contribution is 2.36. The fourth-order valence-electron chi connectivity index (χ4n) is 2.91. The van der Waals surface area contributed by atoms with Crippen LogP contribution in [0.5, 0.6) is 0 Å². The Morgan fingerprint density at radius 2 is 2.08 bits per heavy atom. The first-order valence-corrected chi connectivity index (χ1v) is 7.75. The molecule has 0 radical (unpaired) electrons. The lowest BCUT2D eigenvalue weighted by atomic mass is 9.95. The molecule has 0 bridgehead atoms. The smallest absolute Gasteiger partial charge is 0.313 e. The van der Waals surface area contributed by atoms with Gasteiger partial charge in [0.2, 0.25) is 0 Å². The summed E-state index contributed by atoms with van der Waals surface area (Å²) in [6.45, 7) is 1.03. The number of hydroxylamine groups is 2. The number of nitrogens with zero attached hydrogens (tertiary/aromatic N) is 2. The fraction of sp³-hybridized carbons (Fsp3) is 0.263. The predicted molar refractivity (Wildman–Crippen MR) is 87.3 cm³/mol. The highest BCUT2D eigenvalue weighted by molar-refractivity contribution is 5.74. The molecule has 1 aliphatic heterocycles. The molecule has 1 heterocycles. The van der Waals surface area contributed by atoms with Crippen molar-refractivity contribution in [1.29, 1.82) is 5.26 Å². The van der Waals surface area contributed by atoms with Crippen LogP contribution in [0.2, 0.25) is 0 Å². The largest absolute Gasteiger partial charge is 0.469 e. The zero-order valence-corrected chi connectivity index (χ0v) is 13.4. The highest BCUT2D eigenvalue weighted by Gasteiger charge is 2.40. The lowest BCUT2D eigenvalue weighted by molar-refractivity contribution is -0.161. The maximum absolute atomic E-state index is 12.2. The molecule has 1 fully saturated rings. The van der Waals surface area contributed by atoms with E-state index < -0.39 is 12.0 Å². The van der Waals surface area contributed by atoms with E-state index in [1.54, 1.807) is 23.3 Å². The van der Waals surface area contributed by atoms with Gasteiger partial charge in [-0.1, -0.05) is 42.5 Å². The zero-order chi connectivity index (χ0) is 16.9. The minimum absolute atomic E-state index is 0.307. The molecule has 24 heavy (non-hydrogen) atoms. The maximum Gasteiger partial charge on any atom is 0.313 e. The molecule has 0 amide bonds. The van der Waals surface area contributed by atoms with Crippen molar-refractivity contribution in [3.8, 4) is 6.07 Å². The first-order valence-electron chi connectivity index (χ1n) is 7.75. The number of esters is 1. The molecule has 0 saturated carbocycles. The Hall–Kier alpha value is -2.68. The van der Waals surface area contributed by atoms with Crippen LogP contribution in [0.1, 0.15) is 22.8 Å². The van der Waals surface area contributed by atoms with E-state index in [4.69, 9.17) is 14.8 Å². The minimum Gasteiger partial charge on any atom is -0.469 e. The summed E-state index contributed by atoms with van der Waals surface area (Å²) in [5.74, 6) is -0.731. The summed E-state index contributed by atoms with van der Waals surface area (Å²) in [5, 5.41) is 10.9. The van der Waals surface area contributed by atoms with Gasteiger partial charge in [0.15, 0.2) is 0 Å². The van der Waals surface area contributed by atoms with Gasteiger partial charge in [-0.3, -0.25) is 9.63 Å². The van der Waals surface area contributed by atoms with Crippen molar-refractivity contribution in [2.75, 3.05) is 13.7 Å². The van der Waals surface area contributed by atoms with Crippen molar-refractivity contribution in [3.63, 3.8) is 0 Å². The van der Waals surface area contributed by atoms with E-state index in [1.165, 1.54) is 7.11 Å². The summed E-state index contributed by atoms with van der Waals surface area (Å²) in [6, 6.07) is 19.2. The predicted octanol–water partition coefficient (Wildman–Crippen LogP) is 2.84. The summed E-state index contributed by atoms with van der Waals surface area (Å²) in [7, 11) is 1.38. The molecule has 3 rings (SSSR count). The minimum atomic E-state index is -0.450. The van der Waals surface area contributed by atoms with Crippen LogP contribution >= 0.6 is 0 Å². The van der Waals surface area contributed by atoms with E-state index >= 15 is 0 Å². The molecular weight excluding hydrogens is 304 g/mol. The van der Waals surface area contributed by atoms with Crippen LogP contribution in [-0.4, -0.2) is 24.7 Å². The summed E-state index contributed by atoms with van der Waals surface area (Å²) < 4.78 is 4.93. The van der Waals surface area contributed by atoms with E-state index in [2.05, 4.69) is 6.07 Å². The fourth-order valence-corrected chi connectivity index (χ4v) is 2.91. The zero-order valence-electron chi connectivity index (χ0n) is 13.4. The Balaban J connectivity index is 1.83. The van der Waals surface area contributed by atoms with Crippen LogP contribution in [-0.2, 0) is 20.9 Å². The van der Waals surface area contributed by atoms with Crippen LogP contribution in [0.4, 0.5) is 0 Å². The third-order valence-corrected chi connectivity index (χ3v) is 4.08. The normalized spacial score (nSPS) is 20.5. The van der Waals surface area contributed by atoms with Crippen molar-refractivity contribution in [2.45, 2.75) is 12.6 Å². The van der Waals surface area contributed by atoms with Gasteiger partial charge in [-0.15, -0.1) is 0 Å². The molecule has 0 aliphatic carbocycles. The Morgan fingerprint density at radius 1 is 1.29 bits per heavy atom. The van der Waals surface area contributed by atoms with E-state index in [0.29, 0.717) is 18.7 Å². The number of benzene rings is 2. The van der Waals surface area contributed by atoms with Gasteiger partial charge in [0.1, 0.15) is 12.0 Å². The van der Waals surface area contributed by atoms with Crippen LogP contribution in [0.3, 0.4) is 0 Å². The van der Waals surface area contributed by atoms with Crippen LogP contribution in [0.15, 0.2) is 54.6 Å². The van der Waals surface area contributed by atoms with Gasteiger partial charge in [-0.05, 0) is 23.3 Å². The Labute approximate surface area is 141 Å². The second-order valence-electron chi connectivity index (χ2n) is 5.70. The third kappa shape index (κ3) is 3.46. The first-order chi connectivity index (χ1) is 11.7. The number of hydrogen-bond donors (Lipinski definition) is 0. The van der Waals surface area contributed by atoms with Crippen molar-refractivity contribution in [2.24, 2.45) is 5.92 Å². The molecule has 0 unspecified atom stereocenters. The monoisotopic (exact) mass is 322 g/mol. The average molecular weight is 322 g/mol. The van der Waals surface area contributed by atoms with E-state index in [-0.39, 0.29) is 5.97 Å². The molecular formula is C19H18N2O3. The van der Waals surface area contributed by atoms with Gasteiger partial charge >= 0.3 is 5.97 Å². The Kier molecular flexibility index (Phi) is 4.90. The van der Waals surface area contributed by atoms with Crippen molar-refractivity contribution in [1.82, 2.24) is 5.06 Å². The van der Waals surface area contributed by atoms with E-state index in [9.17, 15) is 4.79 Å². The first kappa shape index (κ1) is 16.2. The van der Waals surface area contributed by atoms with Crippen molar-refractivity contribution in [3.05, 3.63) is 71.3 Å². The lowest BCUT2D eigenvalue weighted by Gasteiger charge is -2.17. The number of methoxy groups -OCH3 is 1. The van der Waals surface area contributed by atoms with Crippen LogP contribution < -0.4 is 0 Å². The van der Waals surface area contributed by atoms with Gasteiger partial charge in [-0.25, -0.2) is 0 Å². The van der Waals surface area contributed by atoms with Crippen molar-refractivity contribution >= 4 is 5.97 Å². The maximum atomic E-state index is 12.2. The van der Waals surface area contributed by atoms with Gasteiger partial charge in [0.05, 0.1) is 18.7 Å². The van der Waals surface area contributed by atoms with E-state index in [0.717, 1.165) is 11.1 Å². The van der Waals surface area contributed by atoms with Crippen LogP contribution in [0.25, 0.3) is 0 Å². The summed E-state index contributed by atoms with van der Waals surface area (Å²) in [6.07, 6.45) is -0.450. The molecule has 5 nitrogen and oxygen atoms in total. The molecule has 2 atom stereocenters. The standard InChI is InChI=1S/C19H18N2O3/c1-23-19(22)17-13-21(12-14-6-3-2-4-7-14)24-18(17)16-9-5-8-15(10-16)11-20/h2-10,17-18H,12-13H2,1H3/t17-,18+/m1/s1. The summed E-state index contributed by atoms with van der Waals surface area (Å²) >= 11 is 0. The average Bonchev–Trinajstić information content (AvgIpc) is 3.05. The molecule has 0 spiro atoms. The number of nitriles is 1. The number of rotatable bonds is 4. The van der Waals surface area contributed by atoms with Crippen molar-refractivity contribution < 1.29 is 14.4 Å². The highest BCUT2D eigenvalue weighted by atomic mass is 16.7. The topological polar surface area (TPSA) is 62.6 Å². The molecule has 1 saturated heterocycles. The molecule has 0 aromatic heterocycles. The van der Waals surface area contributed by atoms with Gasteiger partial charge < -0.3 is 4.74 Å². The number of ether oxygens (including phenoxy) is 1. The SMILES string of the molecule is COC(=O)[C@@H]1CN(Cc2ccccc2)O[C@H]1c1cccc(C#N)c1. The second-order valence-corrected chi connectivity index (χ2v) is 5.70. The third-order valence-electron chi connectivity index (χ3n) is 4.08. The molecule has 0 N–H and O–H groups in total. The molecule has 5 heteroatoms. The lowest BCUT2D eigenvalue weighted by Crippen LogP contribution is -2.24. The number of carbonyl (C=O) groups is 1. The Bertz CT molecular complexity index is 755.